The molecule has 0 aromatic rings. The number of allylic oxidation sites excluding steroid dienone is 8. The van der Waals surface area contributed by atoms with E-state index < -0.39 is 158 Å². The van der Waals surface area contributed by atoms with E-state index >= 15 is 38.4 Å². The summed E-state index contributed by atoms with van der Waals surface area (Å²) in [4.78, 5) is 127. The standard InChI is InChI=1S/C57H72N2O12/c1-22(2)16-33-39-28(9)26(7)20-31-18-24(5)12-14-35(60)44(62)37-38(48(65)54(31,39)52(68)58-33)50-56-41(46(37)71-50)30(11)47(64)57(70,51(56)67)42-43(56)49(66)55-32(19-25(6)13-15-36(61)45(42)63)21-27(8)29(10)40(55)34(17-23(3)4)59-53(55)69/h18-23,28-29,31-40,42-43,46,50,60-61,70H,12-17H2,1-11H3,(H,58,68)(H,59,69)/b24-18+,25-19+/t28-,29-,31+,32+,33+,34+,35-,36-,37-,38-,39+,40+,42-,43-,46-,50-,54+,55+,56-,57?/m1/s1. The van der Waals surface area contributed by atoms with Gasteiger partial charge in [0.05, 0.1) is 41.3 Å². The number of hydrogen-bond acceptors (Lipinski definition) is 12. The van der Waals surface area contributed by atoms with Crippen molar-refractivity contribution in [2.45, 2.75) is 157 Å². The maximum Gasteiger partial charge on any atom is 0.235 e. The number of amides is 2. The quantitative estimate of drug-likeness (QED) is 0.192. The van der Waals surface area contributed by atoms with Gasteiger partial charge in [0.2, 0.25) is 11.8 Å². The van der Waals surface area contributed by atoms with Gasteiger partial charge in [-0.15, -0.1) is 0 Å². The van der Waals surface area contributed by atoms with Crippen LogP contribution in [-0.2, 0) is 43.1 Å². The smallest absolute Gasteiger partial charge is 0.235 e. The molecule has 5 N–H and O–H groups in total. The lowest BCUT2D eigenvalue weighted by Crippen LogP contribution is -2.65. The molecule has 71 heavy (non-hydrogen) atoms. The van der Waals surface area contributed by atoms with Crippen molar-refractivity contribution in [2.24, 2.45) is 87.3 Å². The molecule has 0 aromatic heterocycles. The molecule has 0 radical (unpaired) electrons. The highest BCUT2D eigenvalue weighted by Crippen LogP contribution is 2.74. The maximum absolute atomic E-state index is 17.2. The number of rotatable bonds is 4. The second-order valence-electron chi connectivity index (χ2n) is 24.6. The van der Waals surface area contributed by atoms with Crippen molar-refractivity contribution in [3.63, 3.8) is 0 Å². The van der Waals surface area contributed by atoms with Crippen molar-refractivity contribution in [3.8, 4) is 0 Å². The van der Waals surface area contributed by atoms with Crippen LogP contribution < -0.4 is 10.6 Å². The Morgan fingerprint density at radius 2 is 1.10 bits per heavy atom. The van der Waals surface area contributed by atoms with Crippen LogP contribution in [0, 0.1) is 87.3 Å². The largest absolute Gasteiger partial charge is 0.385 e. The minimum Gasteiger partial charge on any atom is -0.385 e. The highest BCUT2D eigenvalue weighted by molar-refractivity contribution is 6.31. The SMILES string of the molecule is CC1=C[C@@H]2/C=C(\C)CC[C@@H](O)C(=O)[C@H]3[C@H](C(=O)[C@]24C(=O)N[C@@H](CC(C)C)[C@@H]4[C@@H]1C)[C@H]1O[C@H]3C2=C(C)C(=O)C3(O)C(=O)[C@@]21[C@H]1C(=O)[C@@]24C(=O)N[C@@H](CC(C)C)[C@@H]2[C@H](C)C(C)=C[C@@H]4/C=C(\C)CC[C@@H](O)C(=O)[C@@H]13. The molecule has 0 aromatic carbocycles. The van der Waals surface area contributed by atoms with Crippen molar-refractivity contribution in [1.82, 2.24) is 10.6 Å². The topological polar surface area (TPSA) is 231 Å². The number of aliphatic hydroxyl groups excluding tert-OH is 2. The fraction of sp³-hybridized carbons (Fsp3) is 0.684. The number of fused-ring (bicyclic) bond motifs is 9. The molecule has 4 heterocycles. The summed E-state index contributed by atoms with van der Waals surface area (Å²) in [6, 6.07) is -1.05. The first-order chi connectivity index (χ1) is 33.3. The molecule has 4 bridgehead atoms. The predicted molar refractivity (Wildman–Crippen MR) is 258 cm³/mol. The third-order valence-corrected chi connectivity index (χ3v) is 20.0. The van der Waals surface area contributed by atoms with E-state index in [2.05, 4.69) is 10.6 Å². The molecule has 20 atom stereocenters. The van der Waals surface area contributed by atoms with E-state index in [0.29, 0.717) is 18.4 Å². The van der Waals surface area contributed by atoms with Gasteiger partial charge in [0.25, 0.3) is 0 Å². The van der Waals surface area contributed by atoms with E-state index in [0.717, 1.165) is 16.7 Å². The predicted octanol–water partition coefficient (Wildman–Crippen LogP) is 4.63. The summed E-state index contributed by atoms with van der Waals surface area (Å²) < 4.78 is 6.96. The molecule has 4 aliphatic heterocycles. The summed E-state index contributed by atoms with van der Waals surface area (Å²) in [5.41, 5.74) is -6.77. The van der Waals surface area contributed by atoms with Crippen LogP contribution in [-0.4, -0.2) is 104 Å². The molecule has 1 saturated carbocycles. The van der Waals surface area contributed by atoms with Gasteiger partial charge in [-0.25, -0.2) is 0 Å². The lowest BCUT2D eigenvalue weighted by molar-refractivity contribution is -0.161. The van der Waals surface area contributed by atoms with E-state index in [1.165, 1.54) is 6.92 Å². The van der Waals surface area contributed by atoms with E-state index in [-0.39, 0.29) is 54.6 Å². The van der Waals surface area contributed by atoms with Crippen LogP contribution >= 0.6 is 0 Å². The van der Waals surface area contributed by atoms with Crippen LogP contribution in [0.25, 0.3) is 0 Å². The van der Waals surface area contributed by atoms with Crippen LogP contribution in [0.5, 0.6) is 0 Å². The fourth-order valence-corrected chi connectivity index (χ4v) is 17.0. The van der Waals surface area contributed by atoms with Crippen LogP contribution in [0.15, 0.2) is 57.7 Å². The van der Waals surface area contributed by atoms with Crippen molar-refractivity contribution in [2.75, 3.05) is 0 Å². The third-order valence-electron chi connectivity index (χ3n) is 20.0. The van der Waals surface area contributed by atoms with Crippen LogP contribution in [0.2, 0.25) is 0 Å². The second kappa shape index (κ2) is 16.5. The van der Waals surface area contributed by atoms with Gasteiger partial charge in [-0.3, -0.25) is 38.4 Å². The number of ether oxygens (including phenoxy) is 1. The van der Waals surface area contributed by atoms with Crippen molar-refractivity contribution in [1.29, 1.82) is 0 Å². The van der Waals surface area contributed by atoms with Crippen LogP contribution in [0.3, 0.4) is 0 Å². The molecule has 14 nitrogen and oxygen atoms in total. The summed E-state index contributed by atoms with van der Waals surface area (Å²) in [7, 11) is 0. The molecule has 10 rings (SSSR count). The highest BCUT2D eigenvalue weighted by Gasteiger charge is 2.88. The van der Waals surface area contributed by atoms with Gasteiger partial charge in [0.15, 0.2) is 40.3 Å². The van der Waals surface area contributed by atoms with Gasteiger partial charge < -0.3 is 30.7 Å². The number of carbonyl (C=O) groups is 8. The number of Topliss-reactive ketones (excluding diaryl/α,β-unsaturated/α-hetero) is 6. The Morgan fingerprint density at radius 3 is 1.58 bits per heavy atom. The average Bonchev–Trinajstić information content (AvgIpc) is 4.05. The van der Waals surface area contributed by atoms with E-state index in [9.17, 15) is 15.3 Å². The first-order valence-corrected chi connectivity index (χ1v) is 26.3. The molecule has 2 amide bonds. The molecule has 6 aliphatic carbocycles. The van der Waals surface area contributed by atoms with Crippen molar-refractivity contribution < 1.29 is 58.4 Å². The van der Waals surface area contributed by atoms with Gasteiger partial charge in [-0.05, 0) is 108 Å². The van der Waals surface area contributed by atoms with Crippen molar-refractivity contribution >= 4 is 46.5 Å². The zero-order valence-electron chi connectivity index (χ0n) is 43.0. The Balaban J connectivity index is 1.28. The Hall–Kier alpha value is -4.50. The third kappa shape index (κ3) is 6.13. The normalized spacial score (nSPS) is 48.7. The molecule has 10 aliphatic rings. The zero-order valence-corrected chi connectivity index (χ0v) is 43.0. The number of hydrogen-bond donors (Lipinski definition) is 5. The van der Waals surface area contributed by atoms with Gasteiger partial charge >= 0.3 is 0 Å². The monoisotopic (exact) mass is 977 g/mol. The Labute approximate surface area is 416 Å². The number of aliphatic hydroxyl groups is 3. The van der Waals surface area contributed by atoms with Crippen LogP contribution in [0.4, 0.5) is 0 Å². The molecule has 1 unspecified atom stereocenters. The Kier molecular flexibility index (Phi) is 11.6. The average molecular weight is 977 g/mol. The Bertz CT molecular complexity index is 2650. The number of carbonyl (C=O) groups excluding carboxylic acids is 8. The lowest BCUT2D eigenvalue weighted by Gasteiger charge is -2.51. The molecule has 14 heteroatoms. The minimum absolute atomic E-state index is 0.0489. The van der Waals surface area contributed by atoms with Gasteiger partial charge in [-0.2, -0.15) is 0 Å². The summed E-state index contributed by atoms with van der Waals surface area (Å²) in [5.74, 6) is -18.6. The number of nitrogens with one attached hydrogen (secondary N) is 2. The molecule has 5 fully saturated rings. The van der Waals surface area contributed by atoms with E-state index in [1.807, 2.05) is 86.6 Å². The molecule has 382 valence electrons. The van der Waals surface area contributed by atoms with Gasteiger partial charge in [-0.1, -0.05) is 88.1 Å². The molecular formula is C57H72N2O12. The lowest BCUT2D eigenvalue weighted by atomic mass is 9.46. The Morgan fingerprint density at radius 1 is 0.634 bits per heavy atom. The molecular weight excluding hydrogens is 905 g/mol. The summed E-state index contributed by atoms with van der Waals surface area (Å²) in [6.45, 7) is 20.9. The highest BCUT2D eigenvalue weighted by atomic mass is 16.5. The van der Waals surface area contributed by atoms with Gasteiger partial charge in [0.1, 0.15) is 23.0 Å². The molecule has 4 saturated heterocycles. The fourth-order valence-electron chi connectivity index (χ4n) is 17.0. The van der Waals surface area contributed by atoms with Crippen molar-refractivity contribution in [3.05, 3.63) is 57.7 Å². The van der Waals surface area contributed by atoms with E-state index in [4.69, 9.17) is 4.74 Å². The maximum atomic E-state index is 17.2. The number of ketones is 6. The molecule has 3 spiro atoms. The summed E-state index contributed by atoms with van der Waals surface area (Å²) in [5, 5.41) is 43.5. The second-order valence-corrected chi connectivity index (χ2v) is 24.6. The summed E-state index contributed by atoms with van der Waals surface area (Å²) >= 11 is 0. The first-order valence-electron chi connectivity index (χ1n) is 26.3. The van der Waals surface area contributed by atoms with Crippen LogP contribution in [0.1, 0.15) is 115 Å². The van der Waals surface area contributed by atoms with E-state index in [1.54, 1.807) is 6.92 Å². The summed E-state index contributed by atoms with van der Waals surface area (Å²) in [6.07, 6.45) is 1.69. The minimum atomic E-state index is -3.26. The zero-order chi connectivity index (χ0) is 51.7. The first kappa shape index (κ1) is 50.1. The van der Waals surface area contributed by atoms with Gasteiger partial charge in [0, 0.05) is 35.8 Å².